The van der Waals surface area contributed by atoms with E-state index in [0.717, 1.165) is 0 Å². The molecule has 2 amide bonds. The summed E-state index contributed by atoms with van der Waals surface area (Å²) in [7, 11) is 0. The van der Waals surface area contributed by atoms with Gasteiger partial charge in [0.05, 0.1) is 12.3 Å². The Morgan fingerprint density at radius 3 is 2.00 bits per heavy atom. The second kappa shape index (κ2) is 11.0. The highest BCUT2D eigenvalue weighted by atomic mass is 16.5. The molecule has 32 heavy (non-hydrogen) atoms. The summed E-state index contributed by atoms with van der Waals surface area (Å²) < 4.78 is 5.06. The molecule has 0 fully saturated rings. The fourth-order valence-corrected chi connectivity index (χ4v) is 3.05. The van der Waals surface area contributed by atoms with Crippen molar-refractivity contribution in [2.24, 2.45) is 17.4 Å². The van der Waals surface area contributed by atoms with Crippen LogP contribution in [0.3, 0.4) is 0 Å². The predicted octanol–water partition coefficient (Wildman–Crippen LogP) is 0.317. The second-order valence-electron chi connectivity index (χ2n) is 7.20. The zero-order chi connectivity index (χ0) is 23.7. The van der Waals surface area contributed by atoms with Crippen LogP contribution in [0.25, 0.3) is 0 Å². The number of amides is 2. The molecule has 0 heterocycles. The SMILES string of the molecule is NC(=O)C[C@H](NC(=O)OCc1ccccc1)C(=O)[C@@H](Cc1ccccc1)[C@](N)(O)C(=O)O. The average molecular weight is 443 g/mol. The molecular formula is C22H25N3O7. The van der Waals surface area contributed by atoms with Crippen LogP contribution in [0.15, 0.2) is 60.7 Å². The number of alkyl carbamates (subject to hydrolysis) is 1. The van der Waals surface area contributed by atoms with E-state index in [2.05, 4.69) is 5.32 Å². The molecule has 2 rings (SSSR count). The number of benzene rings is 2. The number of aliphatic hydroxyl groups is 1. The number of carboxylic acids is 1. The first kappa shape index (κ1) is 24.5. The number of carbonyl (C=O) groups is 4. The van der Waals surface area contributed by atoms with Gasteiger partial charge in [-0.25, -0.2) is 9.59 Å². The van der Waals surface area contributed by atoms with Crippen LogP contribution in [0, 0.1) is 5.92 Å². The molecule has 0 unspecified atom stereocenters. The van der Waals surface area contributed by atoms with E-state index in [0.29, 0.717) is 11.1 Å². The van der Waals surface area contributed by atoms with Crippen molar-refractivity contribution in [1.29, 1.82) is 0 Å². The molecule has 0 bridgehead atoms. The second-order valence-corrected chi connectivity index (χ2v) is 7.20. The van der Waals surface area contributed by atoms with Crippen molar-refractivity contribution < 1.29 is 34.1 Å². The van der Waals surface area contributed by atoms with Crippen molar-refractivity contribution in [2.75, 3.05) is 0 Å². The fourth-order valence-electron chi connectivity index (χ4n) is 3.05. The molecule has 0 aromatic heterocycles. The summed E-state index contributed by atoms with van der Waals surface area (Å²) in [5.74, 6) is -5.43. The summed E-state index contributed by atoms with van der Waals surface area (Å²) in [5, 5.41) is 21.9. The lowest BCUT2D eigenvalue weighted by atomic mass is 9.82. The standard InChI is InChI=1S/C22H25N3O7/c23-18(26)12-17(25-21(30)32-13-15-9-5-2-6-10-15)19(27)16(22(24,31)20(28)29)11-14-7-3-1-4-8-14/h1-10,16-17,31H,11-13,24H2,(H2,23,26)(H,25,30)(H,28,29)/t16-,17+,22+/m1/s1. The summed E-state index contributed by atoms with van der Waals surface area (Å²) in [5.41, 5.74) is 9.00. The van der Waals surface area contributed by atoms with Gasteiger partial charge in [-0.3, -0.25) is 15.3 Å². The largest absolute Gasteiger partial charge is 0.478 e. The van der Waals surface area contributed by atoms with E-state index in [9.17, 15) is 29.4 Å². The summed E-state index contributed by atoms with van der Waals surface area (Å²) in [6.45, 7) is -0.104. The van der Waals surface area contributed by atoms with Crippen molar-refractivity contribution in [3.05, 3.63) is 71.8 Å². The van der Waals surface area contributed by atoms with E-state index >= 15 is 0 Å². The summed E-state index contributed by atoms with van der Waals surface area (Å²) in [6.07, 6.45) is -1.92. The summed E-state index contributed by atoms with van der Waals surface area (Å²) in [6, 6.07) is 15.4. The smallest absolute Gasteiger partial charge is 0.408 e. The lowest BCUT2D eigenvalue weighted by Gasteiger charge is -2.30. The maximum Gasteiger partial charge on any atom is 0.408 e. The number of hydrogen-bond donors (Lipinski definition) is 5. The zero-order valence-corrected chi connectivity index (χ0v) is 17.1. The summed E-state index contributed by atoms with van der Waals surface area (Å²) in [4.78, 5) is 48.5. The molecule has 0 aliphatic rings. The van der Waals surface area contributed by atoms with Gasteiger partial charge in [0, 0.05) is 0 Å². The molecule has 2 aromatic carbocycles. The minimum Gasteiger partial charge on any atom is -0.478 e. The molecule has 0 aliphatic heterocycles. The first-order valence-corrected chi connectivity index (χ1v) is 9.69. The van der Waals surface area contributed by atoms with Gasteiger partial charge in [-0.1, -0.05) is 60.7 Å². The van der Waals surface area contributed by atoms with Crippen molar-refractivity contribution in [1.82, 2.24) is 5.32 Å². The van der Waals surface area contributed by atoms with Crippen LogP contribution in [0.2, 0.25) is 0 Å². The minimum atomic E-state index is -2.96. The van der Waals surface area contributed by atoms with E-state index in [4.69, 9.17) is 16.2 Å². The van der Waals surface area contributed by atoms with Gasteiger partial charge in [-0.05, 0) is 17.5 Å². The molecule has 10 heteroatoms. The minimum absolute atomic E-state index is 0.104. The predicted molar refractivity (Wildman–Crippen MR) is 113 cm³/mol. The molecule has 3 atom stereocenters. The highest BCUT2D eigenvalue weighted by Gasteiger charge is 2.47. The van der Waals surface area contributed by atoms with Gasteiger partial charge in [0.2, 0.25) is 11.6 Å². The van der Waals surface area contributed by atoms with Crippen molar-refractivity contribution in [3.63, 3.8) is 0 Å². The number of ketones is 1. The first-order chi connectivity index (χ1) is 15.1. The Morgan fingerprint density at radius 2 is 1.50 bits per heavy atom. The normalized spacial score (nSPS) is 14.4. The number of carbonyl (C=O) groups excluding carboxylic acids is 3. The van der Waals surface area contributed by atoms with E-state index in [1.54, 1.807) is 60.7 Å². The maximum atomic E-state index is 13.2. The Bertz CT molecular complexity index is 949. The number of carboxylic acid groups (broad SMARTS) is 1. The van der Waals surface area contributed by atoms with Crippen LogP contribution in [0.1, 0.15) is 17.5 Å². The Morgan fingerprint density at radius 1 is 0.969 bits per heavy atom. The molecule has 0 saturated carbocycles. The monoisotopic (exact) mass is 443 g/mol. The number of ether oxygens (including phenoxy) is 1. The van der Waals surface area contributed by atoms with Gasteiger partial charge in [-0.15, -0.1) is 0 Å². The van der Waals surface area contributed by atoms with Gasteiger partial charge < -0.3 is 26.0 Å². The Hall–Kier alpha value is -3.76. The molecule has 0 aliphatic carbocycles. The zero-order valence-electron chi connectivity index (χ0n) is 17.1. The van der Waals surface area contributed by atoms with Gasteiger partial charge in [0.25, 0.3) is 0 Å². The van der Waals surface area contributed by atoms with E-state index in [1.165, 1.54) is 0 Å². The molecule has 2 aromatic rings. The number of hydrogen-bond acceptors (Lipinski definition) is 7. The van der Waals surface area contributed by atoms with Gasteiger partial charge in [-0.2, -0.15) is 0 Å². The van der Waals surface area contributed by atoms with Crippen LogP contribution in [-0.4, -0.2) is 45.7 Å². The lowest BCUT2D eigenvalue weighted by molar-refractivity contribution is -0.168. The third-order valence-electron chi connectivity index (χ3n) is 4.75. The molecule has 0 radical (unpaired) electrons. The van der Waals surface area contributed by atoms with Crippen LogP contribution in [0.5, 0.6) is 0 Å². The van der Waals surface area contributed by atoms with Crippen LogP contribution < -0.4 is 16.8 Å². The Labute approximate surface area is 184 Å². The van der Waals surface area contributed by atoms with Crippen molar-refractivity contribution in [3.8, 4) is 0 Å². The highest BCUT2D eigenvalue weighted by Crippen LogP contribution is 2.22. The Kier molecular flexibility index (Phi) is 8.45. The maximum absolute atomic E-state index is 13.2. The highest BCUT2D eigenvalue weighted by molar-refractivity contribution is 5.97. The number of primary amides is 1. The van der Waals surface area contributed by atoms with Crippen LogP contribution in [-0.2, 0) is 32.1 Å². The third-order valence-corrected chi connectivity index (χ3v) is 4.75. The number of nitrogens with two attached hydrogens (primary N) is 2. The van der Waals surface area contributed by atoms with E-state index < -0.39 is 47.9 Å². The van der Waals surface area contributed by atoms with Gasteiger partial charge in [0.1, 0.15) is 12.6 Å². The number of nitrogens with one attached hydrogen (secondary N) is 1. The topological polar surface area (TPSA) is 182 Å². The van der Waals surface area contributed by atoms with Crippen LogP contribution >= 0.6 is 0 Å². The lowest BCUT2D eigenvalue weighted by Crippen LogP contribution is -2.61. The third kappa shape index (κ3) is 6.89. The van der Waals surface area contributed by atoms with Crippen LogP contribution in [0.4, 0.5) is 4.79 Å². The van der Waals surface area contributed by atoms with Crippen molar-refractivity contribution >= 4 is 23.8 Å². The average Bonchev–Trinajstić information content (AvgIpc) is 2.76. The van der Waals surface area contributed by atoms with E-state index in [-0.39, 0.29) is 13.0 Å². The van der Waals surface area contributed by atoms with Gasteiger partial charge >= 0.3 is 12.1 Å². The number of aliphatic carboxylic acids is 1. The molecule has 10 nitrogen and oxygen atoms in total. The molecule has 7 N–H and O–H groups in total. The van der Waals surface area contributed by atoms with Gasteiger partial charge in [0.15, 0.2) is 5.78 Å². The number of Topliss-reactive ketones (excluding diaryl/α,β-unsaturated/α-hetero) is 1. The molecule has 170 valence electrons. The molecule has 0 saturated heterocycles. The quantitative estimate of drug-likeness (QED) is 0.308. The fraction of sp³-hybridized carbons (Fsp3) is 0.273. The first-order valence-electron chi connectivity index (χ1n) is 9.69. The Balaban J connectivity index is 2.22. The van der Waals surface area contributed by atoms with E-state index in [1.807, 2.05) is 0 Å². The number of rotatable bonds is 11. The van der Waals surface area contributed by atoms with Crippen molar-refractivity contribution in [2.45, 2.75) is 31.2 Å². The molecular weight excluding hydrogens is 418 g/mol. The molecule has 0 spiro atoms. The summed E-state index contributed by atoms with van der Waals surface area (Å²) >= 11 is 0.